The van der Waals surface area contributed by atoms with Crippen LogP contribution in [0.5, 0.6) is 5.75 Å². The lowest BCUT2D eigenvalue weighted by atomic mass is 10.0. The molecular formula is C18H28N2O. The Balaban J connectivity index is 1.78. The van der Waals surface area contributed by atoms with Crippen LogP contribution in [0, 0.1) is 0 Å². The minimum atomic E-state index is 0.612. The molecule has 0 atom stereocenters. The molecule has 1 fully saturated rings. The molecule has 1 aromatic carbocycles. The fraction of sp³-hybridized carbons (Fsp3) is 0.556. The molecule has 1 aliphatic heterocycles. The first kappa shape index (κ1) is 16.1. The van der Waals surface area contributed by atoms with Crippen molar-refractivity contribution >= 4 is 0 Å². The van der Waals surface area contributed by atoms with Crippen molar-refractivity contribution in [2.45, 2.75) is 39.3 Å². The van der Waals surface area contributed by atoms with Gasteiger partial charge in [-0.1, -0.05) is 30.4 Å². The van der Waals surface area contributed by atoms with E-state index in [0.717, 1.165) is 38.5 Å². The Kier molecular flexibility index (Phi) is 6.27. The van der Waals surface area contributed by atoms with Crippen molar-refractivity contribution in [1.82, 2.24) is 10.2 Å². The molecule has 0 saturated carbocycles. The number of rotatable bonds is 7. The van der Waals surface area contributed by atoms with Gasteiger partial charge in [0.2, 0.25) is 0 Å². The van der Waals surface area contributed by atoms with Crippen molar-refractivity contribution < 1.29 is 4.74 Å². The maximum Gasteiger partial charge on any atom is 0.123 e. The van der Waals surface area contributed by atoms with Crippen molar-refractivity contribution in [3.8, 4) is 5.75 Å². The number of nitrogens with one attached hydrogen (secondary N) is 1. The molecule has 1 saturated heterocycles. The van der Waals surface area contributed by atoms with Crippen LogP contribution in [0.25, 0.3) is 0 Å². The molecule has 3 nitrogen and oxygen atoms in total. The second-order valence-corrected chi connectivity index (χ2v) is 5.93. The number of hydrogen-bond donors (Lipinski definition) is 1. The van der Waals surface area contributed by atoms with Crippen LogP contribution in [-0.2, 0) is 6.54 Å². The lowest BCUT2D eigenvalue weighted by Crippen LogP contribution is -2.42. The maximum absolute atomic E-state index is 5.68. The van der Waals surface area contributed by atoms with E-state index < -0.39 is 0 Å². The molecule has 1 aliphatic rings. The zero-order chi connectivity index (χ0) is 15.1. The van der Waals surface area contributed by atoms with E-state index in [1.807, 2.05) is 13.0 Å². The molecule has 0 bridgehead atoms. The summed E-state index contributed by atoms with van der Waals surface area (Å²) in [6.07, 6.45) is 2.42. The summed E-state index contributed by atoms with van der Waals surface area (Å²) in [4.78, 5) is 2.49. The van der Waals surface area contributed by atoms with Crippen LogP contribution in [0.4, 0.5) is 0 Å². The van der Waals surface area contributed by atoms with Gasteiger partial charge in [-0.15, -0.1) is 0 Å². The minimum absolute atomic E-state index is 0.612. The van der Waals surface area contributed by atoms with Crippen LogP contribution in [0.1, 0.15) is 32.3 Å². The van der Waals surface area contributed by atoms with E-state index in [1.54, 1.807) is 0 Å². The molecule has 0 spiro atoms. The van der Waals surface area contributed by atoms with E-state index in [0.29, 0.717) is 6.04 Å². The quantitative estimate of drug-likeness (QED) is 0.780. The summed E-state index contributed by atoms with van der Waals surface area (Å²) in [5.74, 6) is 1.01. The van der Waals surface area contributed by atoms with Crippen LogP contribution >= 0.6 is 0 Å². The standard InChI is InChI=1S/C18H28N2O/c1-4-21-18-8-6-5-7-16(18)13-19-17-9-11-20(12-10-17)14-15(2)3/h5-8,17,19H,2,4,9-14H2,1,3H3. The molecular weight excluding hydrogens is 260 g/mol. The first-order valence-electron chi connectivity index (χ1n) is 8.00. The second-order valence-electron chi connectivity index (χ2n) is 5.93. The third-order valence-electron chi connectivity index (χ3n) is 3.93. The van der Waals surface area contributed by atoms with E-state index >= 15 is 0 Å². The highest BCUT2D eigenvalue weighted by atomic mass is 16.5. The SMILES string of the molecule is C=C(C)CN1CCC(NCc2ccccc2OCC)CC1. The maximum atomic E-state index is 5.68. The van der Waals surface area contributed by atoms with Gasteiger partial charge < -0.3 is 10.1 Å². The topological polar surface area (TPSA) is 24.5 Å². The monoisotopic (exact) mass is 288 g/mol. The van der Waals surface area contributed by atoms with Gasteiger partial charge in [-0.3, -0.25) is 4.90 Å². The van der Waals surface area contributed by atoms with Crippen LogP contribution < -0.4 is 10.1 Å². The number of ether oxygens (including phenoxy) is 1. The molecule has 1 N–H and O–H groups in total. The van der Waals surface area contributed by atoms with Crippen LogP contribution in [0.2, 0.25) is 0 Å². The van der Waals surface area contributed by atoms with Gasteiger partial charge in [0, 0.05) is 24.7 Å². The number of nitrogens with zero attached hydrogens (tertiary/aromatic N) is 1. The lowest BCUT2D eigenvalue weighted by Gasteiger charge is -2.32. The molecule has 0 radical (unpaired) electrons. The van der Waals surface area contributed by atoms with Gasteiger partial charge in [0.05, 0.1) is 6.61 Å². The van der Waals surface area contributed by atoms with Gasteiger partial charge in [0.15, 0.2) is 0 Å². The first-order valence-corrected chi connectivity index (χ1v) is 8.00. The van der Waals surface area contributed by atoms with Gasteiger partial charge in [0.1, 0.15) is 5.75 Å². The summed E-state index contributed by atoms with van der Waals surface area (Å²) >= 11 is 0. The van der Waals surface area contributed by atoms with Gasteiger partial charge in [0.25, 0.3) is 0 Å². The highest BCUT2D eigenvalue weighted by molar-refractivity contribution is 5.33. The average Bonchev–Trinajstić information content (AvgIpc) is 2.48. The molecule has 0 aliphatic carbocycles. The molecule has 0 unspecified atom stereocenters. The zero-order valence-corrected chi connectivity index (χ0v) is 13.4. The minimum Gasteiger partial charge on any atom is -0.494 e. The third-order valence-corrected chi connectivity index (χ3v) is 3.93. The summed E-state index contributed by atoms with van der Waals surface area (Å²) < 4.78 is 5.68. The Bertz CT molecular complexity index is 450. The fourth-order valence-corrected chi connectivity index (χ4v) is 2.88. The molecule has 116 valence electrons. The van der Waals surface area contributed by atoms with Crippen LogP contribution in [0.15, 0.2) is 36.4 Å². The Morgan fingerprint density at radius 1 is 1.33 bits per heavy atom. The molecule has 0 aromatic heterocycles. The third kappa shape index (κ3) is 5.18. The first-order chi connectivity index (χ1) is 10.2. The highest BCUT2D eigenvalue weighted by Gasteiger charge is 2.18. The van der Waals surface area contributed by atoms with Crippen molar-refractivity contribution in [3.63, 3.8) is 0 Å². The summed E-state index contributed by atoms with van der Waals surface area (Å²) in [5.41, 5.74) is 2.51. The predicted octanol–water partition coefficient (Wildman–Crippen LogP) is 3.22. The van der Waals surface area contributed by atoms with E-state index in [1.165, 1.54) is 24.0 Å². The summed E-state index contributed by atoms with van der Waals surface area (Å²) in [7, 11) is 0. The molecule has 0 amide bonds. The van der Waals surface area contributed by atoms with Crippen LogP contribution in [0.3, 0.4) is 0 Å². The largest absolute Gasteiger partial charge is 0.494 e. The summed E-state index contributed by atoms with van der Waals surface area (Å²) in [6.45, 7) is 13.1. The second kappa shape index (κ2) is 8.20. The van der Waals surface area contributed by atoms with Gasteiger partial charge in [-0.2, -0.15) is 0 Å². The zero-order valence-electron chi connectivity index (χ0n) is 13.4. The predicted molar refractivity (Wildman–Crippen MR) is 88.7 cm³/mol. The molecule has 21 heavy (non-hydrogen) atoms. The molecule has 1 heterocycles. The molecule has 1 aromatic rings. The van der Waals surface area contributed by atoms with E-state index in [-0.39, 0.29) is 0 Å². The molecule has 3 heteroatoms. The van der Waals surface area contributed by atoms with Crippen molar-refractivity contribution in [1.29, 1.82) is 0 Å². The van der Waals surface area contributed by atoms with E-state index in [4.69, 9.17) is 4.74 Å². The van der Waals surface area contributed by atoms with Crippen molar-refractivity contribution in [2.24, 2.45) is 0 Å². The molecule has 2 rings (SSSR count). The van der Waals surface area contributed by atoms with E-state index in [2.05, 4.69) is 41.9 Å². The van der Waals surface area contributed by atoms with Crippen LogP contribution in [-0.4, -0.2) is 37.2 Å². The van der Waals surface area contributed by atoms with Gasteiger partial charge in [-0.05, 0) is 45.8 Å². The number of para-hydroxylation sites is 1. The average molecular weight is 288 g/mol. The summed E-state index contributed by atoms with van der Waals surface area (Å²) in [5, 5.41) is 3.68. The smallest absolute Gasteiger partial charge is 0.123 e. The summed E-state index contributed by atoms with van der Waals surface area (Å²) in [6, 6.07) is 8.92. The fourth-order valence-electron chi connectivity index (χ4n) is 2.88. The number of benzene rings is 1. The Morgan fingerprint density at radius 3 is 2.71 bits per heavy atom. The van der Waals surface area contributed by atoms with Gasteiger partial charge in [-0.25, -0.2) is 0 Å². The van der Waals surface area contributed by atoms with E-state index in [9.17, 15) is 0 Å². The highest BCUT2D eigenvalue weighted by Crippen LogP contribution is 2.19. The van der Waals surface area contributed by atoms with Gasteiger partial charge >= 0.3 is 0 Å². The van der Waals surface area contributed by atoms with Crippen molar-refractivity contribution in [3.05, 3.63) is 42.0 Å². The van der Waals surface area contributed by atoms with Crippen molar-refractivity contribution in [2.75, 3.05) is 26.2 Å². The number of likely N-dealkylation sites (tertiary alicyclic amines) is 1. The normalized spacial score (nSPS) is 16.9. The Morgan fingerprint density at radius 2 is 2.05 bits per heavy atom. The number of piperidine rings is 1. The Hall–Kier alpha value is -1.32. The number of hydrogen-bond acceptors (Lipinski definition) is 3. The lowest BCUT2D eigenvalue weighted by molar-refractivity contribution is 0.210. The Labute approximate surface area is 129 Å².